The highest BCUT2D eigenvalue weighted by Gasteiger charge is 2.52. The van der Waals surface area contributed by atoms with Crippen molar-refractivity contribution in [2.45, 2.75) is 55.3 Å². The maximum Gasteiger partial charge on any atom is 0.483 e. The van der Waals surface area contributed by atoms with E-state index in [4.69, 9.17) is 14.6 Å². The van der Waals surface area contributed by atoms with Gasteiger partial charge < -0.3 is 44.8 Å². The molecule has 0 amide bonds. The number of aliphatic hydroxyl groups is 5. The molecule has 2 saturated heterocycles. The summed E-state index contributed by atoms with van der Waals surface area (Å²) in [6, 6.07) is 0.921. The van der Waals surface area contributed by atoms with Gasteiger partial charge in [0, 0.05) is 12.3 Å². The van der Waals surface area contributed by atoms with Crippen LogP contribution in [0, 0.1) is 0 Å². The van der Waals surface area contributed by atoms with Gasteiger partial charge in [-0.2, -0.15) is 4.31 Å². The highest BCUT2D eigenvalue weighted by Crippen LogP contribution is 2.61. The van der Waals surface area contributed by atoms with E-state index in [1.54, 1.807) is 0 Å². The summed E-state index contributed by atoms with van der Waals surface area (Å²) >= 11 is 0. The Morgan fingerprint density at radius 2 is 1.78 bits per heavy atom. The van der Waals surface area contributed by atoms with Crippen molar-refractivity contribution in [3.8, 4) is 0 Å². The maximum atomic E-state index is 14.1. The van der Waals surface area contributed by atoms with Crippen LogP contribution in [-0.4, -0.2) is 107 Å². The number of hydrogen-bond acceptors (Lipinski definition) is 14. The molecule has 1 aromatic rings. The van der Waals surface area contributed by atoms with Crippen LogP contribution in [0.15, 0.2) is 21.9 Å². The van der Waals surface area contributed by atoms with Gasteiger partial charge >= 0.3 is 21.3 Å². The van der Waals surface area contributed by atoms with E-state index in [1.807, 2.05) is 4.98 Å². The summed E-state index contributed by atoms with van der Waals surface area (Å²) in [7, 11) is -11.2. The fourth-order valence-corrected chi connectivity index (χ4v) is 5.50. The third-order valence-corrected chi connectivity index (χ3v) is 7.69. The summed E-state index contributed by atoms with van der Waals surface area (Å²) in [6.45, 7) is -2.01. The van der Waals surface area contributed by atoms with Gasteiger partial charge in [0.1, 0.15) is 36.6 Å². The monoisotopic (exact) mass is 568 g/mol. The molecule has 8 N–H and O–H groups in total. The fourth-order valence-electron chi connectivity index (χ4n) is 3.35. The number of nitrogens with zero attached hydrogens (tertiary/aromatic N) is 1. The molecular formula is C15H23FN2O16P2. The van der Waals surface area contributed by atoms with Crippen molar-refractivity contribution in [1.29, 1.82) is 0 Å². The number of alkyl halides is 1. The minimum absolute atomic E-state index is 0.713. The Kier molecular flexibility index (Phi) is 9.02. The van der Waals surface area contributed by atoms with Gasteiger partial charge in [0.2, 0.25) is 6.29 Å². The van der Waals surface area contributed by atoms with Crippen LogP contribution < -0.4 is 11.2 Å². The number of rotatable bonds is 10. The van der Waals surface area contributed by atoms with E-state index in [9.17, 15) is 53.3 Å². The first-order valence-electron chi connectivity index (χ1n) is 9.95. The van der Waals surface area contributed by atoms with E-state index in [0.29, 0.717) is 4.57 Å². The molecule has 2 fully saturated rings. The van der Waals surface area contributed by atoms with Crippen LogP contribution in [0.1, 0.15) is 6.23 Å². The molecule has 18 nitrogen and oxygen atoms in total. The van der Waals surface area contributed by atoms with Crippen LogP contribution in [0.5, 0.6) is 0 Å². The molecule has 0 saturated carbocycles. The SMILES string of the molecule is O=c1ccn([C@@H]2O[C@H](COP(=O)(O)OP(=O)(O)O[C@H]3O[C@@H]([C@H](O)CO)[C@H](O)[C@H]3F)[C@@H](O)[C@H]2O)c(=O)[nH]1. The number of halogens is 1. The lowest BCUT2D eigenvalue weighted by molar-refractivity contribution is -0.138. The predicted octanol–water partition coefficient (Wildman–Crippen LogP) is -3.82. The topological polar surface area (TPSA) is 277 Å². The minimum atomic E-state index is -5.64. The zero-order chi connectivity index (χ0) is 27.0. The second kappa shape index (κ2) is 11.1. The molecule has 2 unspecified atom stereocenters. The van der Waals surface area contributed by atoms with Crippen molar-refractivity contribution in [3.05, 3.63) is 33.1 Å². The van der Waals surface area contributed by atoms with Crippen molar-refractivity contribution < 1.29 is 71.7 Å². The van der Waals surface area contributed by atoms with Gasteiger partial charge in [-0.25, -0.2) is 18.3 Å². The number of aromatic amines is 1. The molecule has 0 aromatic carbocycles. The second-order valence-corrected chi connectivity index (χ2v) is 10.6. The van der Waals surface area contributed by atoms with Gasteiger partial charge in [-0.05, 0) is 0 Å². The molecule has 0 spiro atoms. The van der Waals surface area contributed by atoms with Crippen molar-refractivity contribution in [3.63, 3.8) is 0 Å². The first-order chi connectivity index (χ1) is 16.7. The van der Waals surface area contributed by atoms with Gasteiger partial charge in [0.05, 0.1) is 13.2 Å². The first-order valence-corrected chi connectivity index (χ1v) is 12.9. The number of H-pyrrole nitrogens is 1. The Hall–Kier alpha value is -1.41. The highest BCUT2D eigenvalue weighted by atomic mass is 31.3. The maximum absolute atomic E-state index is 14.1. The molecule has 1 aromatic heterocycles. The molecule has 3 rings (SSSR count). The van der Waals surface area contributed by atoms with Gasteiger partial charge in [-0.1, -0.05) is 0 Å². The molecule has 21 heteroatoms. The number of nitrogens with one attached hydrogen (secondary N) is 1. The Bertz CT molecular complexity index is 1130. The van der Waals surface area contributed by atoms with E-state index in [2.05, 4.69) is 13.4 Å². The molecule has 36 heavy (non-hydrogen) atoms. The standard InChI is InChI=1S/C15H23FN2O16P2/c16-8-10(23)12(5(20)3-19)32-14(8)33-36(28,29)34-35(26,27)30-4-6-9(22)11(24)13(31-6)18-2-1-7(21)17-15(18)25/h1-2,5-6,8-14,19-20,22-24H,3-4H2,(H,26,27)(H,28,29)(H,17,21,25)/t5-,6-,8-,9-,10-,11-,12+,13-,14-/m1/s1. The molecule has 0 radical (unpaired) electrons. The van der Waals surface area contributed by atoms with Crippen LogP contribution >= 0.6 is 15.6 Å². The van der Waals surface area contributed by atoms with Crippen LogP contribution in [0.25, 0.3) is 0 Å². The van der Waals surface area contributed by atoms with Gasteiger partial charge in [0.25, 0.3) is 5.56 Å². The molecule has 2 aliphatic heterocycles. The van der Waals surface area contributed by atoms with Crippen LogP contribution in [0.3, 0.4) is 0 Å². The van der Waals surface area contributed by atoms with E-state index >= 15 is 0 Å². The highest BCUT2D eigenvalue weighted by molar-refractivity contribution is 7.61. The van der Waals surface area contributed by atoms with Gasteiger partial charge in [-0.3, -0.25) is 23.4 Å². The van der Waals surface area contributed by atoms with E-state index in [1.165, 1.54) is 0 Å². The third-order valence-electron chi connectivity index (χ3n) is 5.09. The van der Waals surface area contributed by atoms with Crippen molar-refractivity contribution >= 4 is 15.6 Å². The average Bonchev–Trinajstić information content (AvgIpc) is 3.21. The normalized spacial score (nSPS) is 36.9. The van der Waals surface area contributed by atoms with Gasteiger partial charge in [-0.15, -0.1) is 0 Å². The largest absolute Gasteiger partial charge is 0.483 e. The Balaban J connectivity index is 1.60. The molecule has 0 aliphatic carbocycles. The Morgan fingerprint density at radius 3 is 2.39 bits per heavy atom. The average molecular weight is 568 g/mol. The number of hydrogen-bond donors (Lipinski definition) is 8. The summed E-state index contributed by atoms with van der Waals surface area (Å²) in [5.41, 5.74) is -1.76. The smallest absolute Gasteiger partial charge is 0.394 e. The van der Waals surface area contributed by atoms with Gasteiger partial charge in [0.15, 0.2) is 12.4 Å². The van der Waals surface area contributed by atoms with Crippen LogP contribution in [0.4, 0.5) is 4.39 Å². The number of ether oxygens (including phenoxy) is 2. The Labute approximate surface area is 199 Å². The predicted molar refractivity (Wildman–Crippen MR) is 108 cm³/mol. The Morgan fingerprint density at radius 1 is 1.11 bits per heavy atom. The molecule has 11 atom stereocenters. The summed E-state index contributed by atoms with van der Waals surface area (Å²) < 4.78 is 61.7. The molecule has 206 valence electrons. The van der Waals surface area contributed by atoms with E-state index < -0.39 is 95.4 Å². The summed E-state index contributed by atoms with van der Waals surface area (Å²) in [5.74, 6) is 0. The van der Waals surface area contributed by atoms with E-state index in [0.717, 1.165) is 12.3 Å². The number of aliphatic hydroxyl groups excluding tert-OH is 5. The van der Waals surface area contributed by atoms with Crippen molar-refractivity contribution in [1.82, 2.24) is 9.55 Å². The number of phosphoric ester groups is 2. The van der Waals surface area contributed by atoms with Crippen LogP contribution in [0.2, 0.25) is 0 Å². The lowest BCUT2D eigenvalue weighted by Gasteiger charge is -2.21. The summed E-state index contributed by atoms with van der Waals surface area (Å²) in [6.07, 6.45) is -16.3. The number of phosphoric acid groups is 2. The fraction of sp³-hybridized carbons (Fsp3) is 0.733. The molecule has 0 bridgehead atoms. The minimum Gasteiger partial charge on any atom is -0.394 e. The third kappa shape index (κ3) is 6.53. The molecular weight excluding hydrogens is 545 g/mol. The summed E-state index contributed by atoms with van der Waals surface area (Å²) in [4.78, 5) is 44.4. The summed E-state index contributed by atoms with van der Waals surface area (Å²) in [5, 5.41) is 48.2. The first kappa shape index (κ1) is 29.2. The van der Waals surface area contributed by atoms with E-state index in [-0.39, 0.29) is 0 Å². The zero-order valence-electron chi connectivity index (χ0n) is 17.8. The lowest BCUT2D eigenvalue weighted by Crippen LogP contribution is -2.39. The molecule has 3 heterocycles. The van der Waals surface area contributed by atoms with Crippen molar-refractivity contribution in [2.24, 2.45) is 0 Å². The van der Waals surface area contributed by atoms with Crippen molar-refractivity contribution in [2.75, 3.05) is 13.2 Å². The second-order valence-electron chi connectivity index (χ2n) is 7.64. The lowest BCUT2D eigenvalue weighted by atomic mass is 10.1. The zero-order valence-corrected chi connectivity index (χ0v) is 19.6. The quantitative estimate of drug-likeness (QED) is 0.126. The van der Waals surface area contributed by atoms with Crippen LogP contribution in [-0.2, 0) is 32.0 Å². The number of aromatic nitrogens is 2. The molecule has 2 aliphatic rings.